The van der Waals surface area contributed by atoms with E-state index in [9.17, 15) is 4.79 Å². The van der Waals surface area contributed by atoms with E-state index in [2.05, 4.69) is 4.99 Å². The number of aliphatic imine (C=N–C) groups is 1. The normalized spacial score (nSPS) is 10.8. The van der Waals surface area contributed by atoms with Gasteiger partial charge in [0.15, 0.2) is 0 Å². The van der Waals surface area contributed by atoms with Crippen LogP contribution in [-0.2, 0) is 0 Å². The van der Waals surface area contributed by atoms with Gasteiger partial charge in [0.25, 0.3) is 0 Å². The van der Waals surface area contributed by atoms with Gasteiger partial charge in [-0.25, -0.2) is 9.79 Å². The van der Waals surface area contributed by atoms with Crippen molar-refractivity contribution in [1.29, 1.82) is 0 Å². The summed E-state index contributed by atoms with van der Waals surface area (Å²) < 4.78 is 0. The van der Waals surface area contributed by atoms with Crippen LogP contribution in [-0.4, -0.2) is 36.4 Å². The highest BCUT2D eigenvalue weighted by Gasteiger charge is 2.14. The first kappa shape index (κ1) is 12.8. The van der Waals surface area contributed by atoms with E-state index in [0.29, 0.717) is 5.69 Å². The van der Waals surface area contributed by atoms with Crippen LogP contribution in [0.5, 0.6) is 0 Å². The average molecular weight is 261 g/mol. The minimum absolute atomic E-state index is 0.0749. The van der Waals surface area contributed by atoms with Gasteiger partial charge in [-0.05, 0) is 12.1 Å². The van der Waals surface area contributed by atoms with Crippen LogP contribution in [0.3, 0.4) is 0 Å². The van der Waals surface area contributed by atoms with Crippen LogP contribution in [0, 0.1) is 0 Å². The van der Waals surface area contributed by atoms with Gasteiger partial charge in [0, 0.05) is 14.1 Å². The van der Waals surface area contributed by atoms with E-state index in [0.717, 1.165) is 0 Å². The molecule has 16 heavy (non-hydrogen) atoms. The third-order valence-corrected chi connectivity index (χ3v) is 2.27. The Morgan fingerprint density at radius 2 is 1.88 bits per heavy atom. The molecule has 0 amide bonds. The van der Waals surface area contributed by atoms with E-state index in [4.69, 9.17) is 28.3 Å². The first-order chi connectivity index (χ1) is 7.41. The lowest BCUT2D eigenvalue weighted by Crippen LogP contribution is -2.07. The van der Waals surface area contributed by atoms with Crippen molar-refractivity contribution in [2.45, 2.75) is 0 Å². The second-order valence-electron chi connectivity index (χ2n) is 3.30. The maximum absolute atomic E-state index is 10.8. The molecule has 0 aromatic heterocycles. The molecule has 0 aliphatic heterocycles. The van der Waals surface area contributed by atoms with E-state index in [1.807, 2.05) is 14.1 Å². The molecule has 86 valence electrons. The Kier molecular flexibility index (Phi) is 4.15. The number of aromatic carboxylic acids is 1. The molecule has 0 radical (unpaired) electrons. The van der Waals surface area contributed by atoms with E-state index in [1.54, 1.807) is 11.2 Å². The van der Waals surface area contributed by atoms with Crippen molar-refractivity contribution in [2.24, 2.45) is 4.99 Å². The van der Waals surface area contributed by atoms with Gasteiger partial charge < -0.3 is 10.0 Å². The predicted octanol–water partition coefficient (Wildman–Crippen LogP) is 2.91. The van der Waals surface area contributed by atoms with Crippen molar-refractivity contribution in [3.05, 3.63) is 27.7 Å². The largest absolute Gasteiger partial charge is 0.478 e. The third kappa shape index (κ3) is 3.12. The Hall–Kier alpha value is -1.26. The molecule has 4 nitrogen and oxygen atoms in total. The summed E-state index contributed by atoms with van der Waals surface area (Å²) in [6.07, 6.45) is 1.57. The summed E-state index contributed by atoms with van der Waals surface area (Å²) >= 11 is 11.6. The van der Waals surface area contributed by atoms with Crippen molar-refractivity contribution < 1.29 is 9.90 Å². The molecule has 0 aliphatic rings. The van der Waals surface area contributed by atoms with E-state index >= 15 is 0 Å². The fourth-order valence-electron chi connectivity index (χ4n) is 1.02. The fourth-order valence-corrected chi connectivity index (χ4v) is 1.66. The van der Waals surface area contributed by atoms with Crippen LogP contribution in [0.15, 0.2) is 17.1 Å². The van der Waals surface area contributed by atoms with Gasteiger partial charge in [0.2, 0.25) is 0 Å². The highest BCUT2D eigenvalue weighted by molar-refractivity contribution is 6.39. The SMILES string of the molecule is CN(C)C=Nc1cc(Cl)c(C(=O)O)c(Cl)c1. The van der Waals surface area contributed by atoms with Crippen LogP contribution >= 0.6 is 23.2 Å². The molecule has 1 N–H and O–H groups in total. The third-order valence-electron chi connectivity index (χ3n) is 1.68. The molecular weight excluding hydrogens is 251 g/mol. The van der Waals surface area contributed by atoms with Crippen molar-refractivity contribution in [3.8, 4) is 0 Å². The quantitative estimate of drug-likeness (QED) is 0.672. The van der Waals surface area contributed by atoms with Crippen LogP contribution in [0.4, 0.5) is 5.69 Å². The highest BCUT2D eigenvalue weighted by atomic mass is 35.5. The zero-order valence-corrected chi connectivity index (χ0v) is 10.2. The number of hydrogen-bond donors (Lipinski definition) is 1. The predicted molar refractivity (Wildman–Crippen MR) is 65.3 cm³/mol. The Balaban J connectivity index is 3.15. The van der Waals surface area contributed by atoms with E-state index in [1.165, 1.54) is 12.1 Å². The summed E-state index contributed by atoms with van der Waals surface area (Å²) in [5, 5.41) is 8.99. The molecule has 1 aromatic carbocycles. The fraction of sp³-hybridized carbons (Fsp3) is 0.200. The monoisotopic (exact) mass is 260 g/mol. The number of benzene rings is 1. The molecule has 0 atom stereocenters. The van der Waals surface area contributed by atoms with Crippen LogP contribution in [0.1, 0.15) is 10.4 Å². The molecule has 0 spiro atoms. The highest BCUT2D eigenvalue weighted by Crippen LogP contribution is 2.30. The summed E-state index contributed by atoms with van der Waals surface area (Å²) in [6, 6.07) is 2.91. The maximum atomic E-state index is 10.8. The Labute approximate surface area is 103 Å². The number of carbonyl (C=O) groups is 1. The second kappa shape index (κ2) is 5.18. The molecule has 0 bridgehead atoms. The molecular formula is C10H10Cl2N2O2. The summed E-state index contributed by atoms with van der Waals surface area (Å²) in [6.45, 7) is 0. The van der Waals surface area contributed by atoms with Crippen LogP contribution in [0.25, 0.3) is 0 Å². The number of carboxylic acids is 1. The molecule has 0 fully saturated rings. The zero-order valence-electron chi connectivity index (χ0n) is 8.74. The summed E-state index contributed by atoms with van der Waals surface area (Å²) in [7, 11) is 3.64. The Bertz CT molecular complexity index is 421. The lowest BCUT2D eigenvalue weighted by Gasteiger charge is -2.05. The number of rotatable bonds is 3. The minimum Gasteiger partial charge on any atom is -0.478 e. The van der Waals surface area contributed by atoms with Crippen molar-refractivity contribution >= 4 is 41.2 Å². The summed E-state index contributed by atoms with van der Waals surface area (Å²) in [5.41, 5.74) is 0.404. The molecule has 1 rings (SSSR count). The molecule has 0 heterocycles. The van der Waals surface area contributed by atoms with Gasteiger partial charge in [-0.2, -0.15) is 0 Å². The van der Waals surface area contributed by atoms with E-state index < -0.39 is 5.97 Å². The van der Waals surface area contributed by atoms with Gasteiger partial charge in [-0.15, -0.1) is 0 Å². The lowest BCUT2D eigenvalue weighted by atomic mass is 10.2. The van der Waals surface area contributed by atoms with Crippen LogP contribution < -0.4 is 0 Å². The molecule has 0 saturated heterocycles. The topological polar surface area (TPSA) is 52.9 Å². The Morgan fingerprint density at radius 3 is 2.25 bits per heavy atom. The smallest absolute Gasteiger partial charge is 0.338 e. The lowest BCUT2D eigenvalue weighted by molar-refractivity contribution is 0.0697. The maximum Gasteiger partial charge on any atom is 0.338 e. The minimum atomic E-state index is -1.15. The molecule has 0 aliphatic carbocycles. The summed E-state index contributed by atoms with van der Waals surface area (Å²) in [5.74, 6) is -1.15. The first-order valence-corrected chi connectivity index (χ1v) is 5.10. The second-order valence-corrected chi connectivity index (χ2v) is 4.11. The van der Waals surface area contributed by atoms with Crippen molar-refractivity contribution in [3.63, 3.8) is 0 Å². The van der Waals surface area contributed by atoms with Gasteiger partial charge >= 0.3 is 5.97 Å². The average Bonchev–Trinajstić information content (AvgIpc) is 2.12. The zero-order chi connectivity index (χ0) is 12.3. The summed E-state index contributed by atoms with van der Waals surface area (Å²) in [4.78, 5) is 16.6. The molecule has 0 unspecified atom stereocenters. The van der Waals surface area contributed by atoms with Gasteiger partial charge in [0.1, 0.15) is 0 Å². The number of carboxylic acid groups (broad SMARTS) is 1. The molecule has 1 aromatic rings. The Morgan fingerprint density at radius 1 is 1.38 bits per heavy atom. The standard InChI is InChI=1S/C10H10Cl2N2O2/c1-14(2)5-13-6-3-7(11)9(10(15)16)8(12)4-6/h3-5H,1-2H3,(H,15,16). The first-order valence-electron chi connectivity index (χ1n) is 4.34. The van der Waals surface area contributed by atoms with Crippen molar-refractivity contribution in [1.82, 2.24) is 4.90 Å². The van der Waals surface area contributed by atoms with Gasteiger partial charge in [-0.1, -0.05) is 23.2 Å². The van der Waals surface area contributed by atoms with Gasteiger partial charge in [0.05, 0.1) is 27.6 Å². The number of nitrogens with zero attached hydrogens (tertiary/aromatic N) is 2. The molecule has 0 saturated carbocycles. The van der Waals surface area contributed by atoms with Crippen molar-refractivity contribution in [2.75, 3.05) is 14.1 Å². The van der Waals surface area contributed by atoms with Crippen LogP contribution in [0.2, 0.25) is 10.0 Å². The number of halogens is 2. The van der Waals surface area contributed by atoms with Gasteiger partial charge in [-0.3, -0.25) is 0 Å². The molecule has 6 heteroatoms. The number of hydrogen-bond acceptors (Lipinski definition) is 2. The van der Waals surface area contributed by atoms with E-state index in [-0.39, 0.29) is 15.6 Å².